The van der Waals surface area contributed by atoms with Crippen LogP contribution in [0.1, 0.15) is 47.3 Å². The second-order valence-electron chi connectivity index (χ2n) is 11.8. The summed E-state index contributed by atoms with van der Waals surface area (Å²) in [5.74, 6) is 0.241. The van der Waals surface area contributed by atoms with E-state index in [0.717, 1.165) is 31.4 Å². The van der Waals surface area contributed by atoms with E-state index in [0.29, 0.717) is 79.8 Å². The van der Waals surface area contributed by atoms with Crippen LogP contribution in [-0.2, 0) is 11.3 Å². The minimum absolute atomic E-state index is 0.0158. The van der Waals surface area contributed by atoms with Crippen molar-refractivity contribution in [2.75, 3.05) is 55.8 Å². The average molecular weight is 585 g/mol. The van der Waals surface area contributed by atoms with Crippen molar-refractivity contribution in [3.05, 3.63) is 59.3 Å². The molecule has 10 nitrogen and oxygen atoms in total. The smallest absolute Gasteiger partial charge is 0.318 e. The molecule has 5 heterocycles. The second kappa shape index (κ2) is 11.1. The van der Waals surface area contributed by atoms with Gasteiger partial charge in [-0.25, -0.2) is 4.39 Å². The summed E-state index contributed by atoms with van der Waals surface area (Å²) in [4.78, 5) is 29.5. The van der Waals surface area contributed by atoms with Crippen LogP contribution in [0.25, 0.3) is 11.1 Å². The van der Waals surface area contributed by atoms with Gasteiger partial charge in [0.1, 0.15) is 29.9 Å². The van der Waals surface area contributed by atoms with E-state index in [9.17, 15) is 19.6 Å². The van der Waals surface area contributed by atoms with Crippen LogP contribution in [0.15, 0.2) is 42.5 Å². The zero-order valence-corrected chi connectivity index (χ0v) is 23.8. The largest absolute Gasteiger partial charge is 0.508 e. The summed E-state index contributed by atoms with van der Waals surface area (Å²) < 4.78 is 26.3. The number of phenols is 1. The molecule has 4 aliphatic rings. The number of ether oxygens (including phenoxy) is 2. The maximum Gasteiger partial charge on any atom is 0.318 e. The summed E-state index contributed by atoms with van der Waals surface area (Å²) in [7, 11) is 0. The third kappa shape index (κ3) is 5.04. The van der Waals surface area contributed by atoms with Crippen LogP contribution >= 0.6 is 0 Å². The molecular formula is C32H33FN6O4. The number of phenolic OH excluding ortho intramolecular Hbond substituents is 1. The summed E-state index contributed by atoms with van der Waals surface area (Å²) in [6, 6.07) is 14.4. The quantitative estimate of drug-likeness (QED) is 0.458. The van der Waals surface area contributed by atoms with Crippen LogP contribution in [0.3, 0.4) is 0 Å². The van der Waals surface area contributed by atoms with Gasteiger partial charge in [0.25, 0.3) is 5.91 Å². The van der Waals surface area contributed by atoms with Gasteiger partial charge >= 0.3 is 6.01 Å². The van der Waals surface area contributed by atoms with E-state index >= 15 is 0 Å². The molecule has 43 heavy (non-hydrogen) atoms. The van der Waals surface area contributed by atoms with Crippen LogP contribution in [0.2, 0.25) is 0 Å². The van der Waals surface area contributed by atoms with Gasteiger partial charge in [0.2, 0.25) is 0 Å². The molecule has 11 heteroatoms. The molecular weight excluding hydrogens is 551 g/mol. The number of carbonyl (C=O) groups is 1. The molecule has 222 valence electrons. The van der Waals surface area contributed by atoms with E-state index in [1.807, 2.05) is 6.07 Å². The molecule has 2 aromatic carbocycles. The first-order valence-corrected chi connectivity index (χ1v) is 14.8. The van der Waals surface area contributed by atoms with Gasteiger partial charge in [-0.1, -0.05) is 12.1 Å². The zero-order chi connectivity index (χ0) is 29.6. The molecule has 2 atom stereocenters. The van der Waals surface area contributed by atoms with Crippen molar-refractivity contribution >= 4 is 17.4 Å². The second-order valence-corrected chi connectivity index (χ2v) is 11.8. The summed E-state index contributed by atoms with van der Waals surface area (Å²) in [6.07, 6.45) is 2.23. The molecule has 3 aromatic rings. The SMILES string of the molecule is N#Cc1cccc(-c2ccc(O)cc2N2Cc3nc(OCC45CCCN4CC(F)C5)nc(N4CCCOCC4)c3C2=O)c1. The van der Waals surface area contributed by atoms with E-state index in [2.05, 4.69) is 15.9 Å². The van der Waals surface area contributed by atoms with Crippen molar-refractivity contribution < 1.29 is 23.8 Å². The Morgan fingerprint density at radius 3 is 2.93 bits per heavy atom. The molecule has 4 aliphatic heterocycles. The van der Waals surface area contributed by atoms with E-state index in [1.165, 1.54) is 0 Å². The molecule has 1 N–H and O–H groups in total. The van der Waals surface area contributed by atoms with Crippen molar-refractivity contribution in [1.29, 1.82) is 5.26 Å². The van der Waals surface area contributed by atoms with Gasteiger partial charge in [0.05, 0.1) is 41.7 Å². The van der Waals surface area contributed by atoms with Crippen molar-refractivity contribution in [2.45, 2.75) is 43.9 Å². The number of halogens is 1. The Kier molecular flexibility index (Phi) is 7.11. The first kappa shape index (κ1) is 27.6. The summed E-state index contributed by atoms with van der Waals surface area (Å²) >= 11 is 0. The number of hydrogen-bond donors (Lipinski definition) is 1. The Labute approximate surface area is 249 Å². The van der Waals surface area contributed by atoms with Gasteiger partial charge in [-0.15, -0.1) is 0 Å². The van der Waals surface area contributed by atoms with Crippen LogP contribution in [0.5, 0.6) is 11.8 Å². The number of rotatable bonds is 6. The first-order chi connectivity index (χ1) is 20.9. The van der Waals surface area contributed by atoms with Crippen molar-refractivity contribution in [1.82, 2.24) is 14.9 Å². The standard InChI is InChI=1S/C32H33FN6O4/c33-23-16-32(8-2-10-38(32)18-23)20-43-31-35-26-19-39(30(41)28(26)29(36-31)37-9-3-12-42-13-11-37)27-15-24(40)6-7-25(27)22-5-1-4-21(14-22)17-34/h1,4-7,14-15,23,40H,2-3,8-13,16,18-20H2. The van der Waals surface area contributed by atoms with Crippen LogP contribution in [0.4, 0.5) is 15.9 Å². The van der Waals surface area contributed by atoms with Gasteiger partial charge in [-0.05, 0) is 55.6 Å². The molecule has 0 bridgehead atoms. The van der Waals surface area contributed by atoms with E-state index in [-0.39, 0.29) is 29.8 Å². The molecule has 3 fully saturated rings. The number of benzene rings is 2. The summed E-state index contributed by atoms with van der Waals surface area (Å²) in [6.45, 7) is 4.10. The fraction of sp³-hybridized carbons (Fsp3) is 0.438. The topological polar surface area (TPSA) is 115 Å². The van der Waals surface area contributed by atoms with Crippen molar-refractivity contribution in [3.63, 3.8) is 0 Å². The predicted octanol–water partition coefficient (Wildman–Crippen LogP) is 4.06. The number of amides is 1. The number of anilines is 2. The molecule has 1 aromatic heterocycles. The predicted molar refractivity (Wildman–Crippen MR) is 157 cm³/mol. The minimum Gasteiger partial charge on any atom is -0.508 e. The molecule has 0 saturated carbocycles. The fourth-order valence-electron chi connectivity index (χ4n) is 7.00. The highest BCUT2D eigenvalue weighted by atomic mass is 19.1. The number of carbonyl (C=O) groups excluding carboxylic acids is 1. The lowest BCUT2D eigenvalue weighted by atomic mass is 9.95. The van der Waals surface area contributed by atoms with E-state index in [1.54, 1.807) is 41.3 Å². The number of nitriles is 1. The Hall–Kier alpha value is -4.27. The Balaban J connectivity index is 1.26. The number of hydrogen-bond acceptors (Lipinski definition) is 9. The Morgan fingerprint density at radius 1 is 1.14 bits per heavy atom. The Bertz CT molecular complexity index is 1600. The van der Waals surface area contributed by atoms with E-state index < -0.39 is 6.17 Å². The molecule has 0 spiro atoms. The average Bonchev–Trinajstić information content (AvgIpc) is 3.55. The first-order valence-electron chi connectivity index (χ1n) is 14.8. The van der Waals surface area contributed by atoms with Crippen LogP contribution in [0, 0.1) is 11.3 Å². The van der Waals surface area contributed by atoms with Gasteiger partial charge in [0.15, 0.2) is 0 Å². The lowest BCUT2D eigenvalue weighted by molar-refractivity contribution is 0.0995. The van der Waals surface area contributed by atoms with Gasteiger partial charge in [0, 0.05) is 44.3 Å². The highest BCUT2D eigenvalue weighted by Gasteiger charge is 2.49. The third-order valence-electron chi connectivity index (χ3n) is 9.04. The maximum absolute atomic E-state index is 14.4. The lowest BCUT2D eigenvalue weighted by Gasteiger charge is -2.31. The zero-order valence-electron chi connectivity index (χ0n) is 23.8. The highest BCUT2D eigenvalue weighted by molar-refractivity contribution is 6.14. The van der Waals surface area contributed by atoms with Crippen LogP contribution in [-0.4, -0.2) is 83.6 Å². The molecule has 0 aliphatic carbocycles. The lowest BCUT2D eigenvalue weighted by Crippen LogP contribution is -2.43. The normalized spacial score (nSPS) is 23.6. The Morgan fingerprint density at radius 2 is 2.05 bits per heavy atom. The number of fused-ring (bicyclic) bond motifs is 2. The van der Waals surface area contributed by atoms with Gasteiger partial charge in [-0.3, -0.25) is 9.69 Å². The van der Waals surface area contributed by atoms with Crippen LogP contribution < -0.4 is 14.5 Å². The number of nitrogens with zero attached hydrogens (tertiary/aromatic N) is 6. The van der Waals surface area contributed by atoms with Crippen molar-refractivity contribution in [2.24, 2.45) is 0 Å². The molecule has 0 radical (unpaired) electrons. The van der Waals surface area contributed by atoms with E-state index in [4.69, 9.17) is 19.4 Å². The maximum atomic E-state index is 14.4. The fourth-order valence-corrected chi connectivity index (χ4v) is 7.00. The third-order valence-corrected chi connectivity index (χ3v) is 9.04. The molecule has 3 saturated heterocycles. The summed E-state index contributed by atoms with van der Waals surface area (Å²) in [5.41, 5.74) is 3.03. The molecule has 7 rings (SSSR count). The van der Waals surface area contributed by atoms with Gasteiger partial charge in [-0.2, -0.15) is 15.2 Å². The minimum atomic E-state index is -0.867. The number of alkyl halides is 1. The number of aromatic hydroxyl groups is 1. The summed E-state index contributed by atoms with van der Waals surface area (Å²) in [5, 5.41) is 19.9. The molecule has 1 amide bonds. The van der Waals surface area contributed by atoms with Gasteiger partial charge < -0.3 is 24.4 Å². The molecule has 2 unspecified atom stereocenters. The highest BCUT2D eigenvalue weighted by Crippen LogP contribution is 2.42. The monoisotopic (exact) mass is 584 g/mol. The van der Waals surface area contributed by atoms with Crippen molar-refractivity contribution in [3.8, 4) is 29.0 Å². The number of aromatic nitrogens is 2.